The fourth-order valence-corrected chi connectivity index (χ4v) is 11.1. The van der Waals surface area contributed by atoms with E-state index in [2.05, 4.69) is 267 Å². The van der Waals surface area contributed by atoms with Crippen molar-refractivity contribution in [1.82, 2.24) is 0 Å². The van der Waals surface area contributed by atoms with Crippen molar-refractivity contribution in [3.63, 3.8) is 0 Å². The van der Waals surface area contributed by atoms with Gasteiger partial charge in [0.2, 0.25) is 0 Å². The lowest BCUT2D eigenvalue weighted by molar-refractivity contribution is 0.563. The van der Waals surface area contributed by atoms with E-state index in [1.54, 1.807) is 0 Å². The van der Waals surface area contributed by atoms with Crippen LogP contribution in [0.1, 0.15) is 47.2 Å². The van der Waals surface area contributed by atoms with E-state index in [1.165, 1.54) is 89.0 Å². The van der Waals surface area contributed by atoms with Gasteiger partial charge in [0.15, 0.2) is 0 Å². The summed E-state index contributed by atoms with van der Waals surface area (Å²) in [6.45, 7) is 4.80. The third-order valence-corrected chi connectivity index (χ3v) is 14.2. The van der Waals surface area contributed by atoms with Gasteiger partial charge in [-0.2, -0.15) is 0 Å². The van der Waals surface area contributed by atoms with Crippen LogP contribution in [0.5, 0.6) is 0 Å². The Morgan fingerprint density at radius 1 is 0.246 bits per heavy atom. The highest BCUT2D eigenvalue weighted by molar-refractivity contribution is 5.90. The number of anilines is 3. The van der Waals surface area contributed by atoms with Crippen LogP contribution in [0.4, 0.5) is 17.1 Å². The number of benzene rings is 10. The minimum absolute atomic E-state index is 0.194. The smallest absolute Gasteiger partial charge is 0.0719 e. The molecule has 308 valence electrons. The molecule has 2 aliphatic carbocycles. The molecule has 0 amide bonds. The van der Waals surface area contributed by atoms with Crippen LogP contribution in [0.15, 0.2) is 249 Å². The first kappa shape index (κ1) is 38.7. The van der Waals surface area contributed by atoms with Crippen molar-refractivity contribution < 1.29 is 0 Å². The predicted octanol–water partition coefficient (Wildman–Crippen LogP) is 16.8. The Morgan fingerprint density at radius 3 is 1.17 bits per heavy atom. The lowest BCUT2D eigenvalue weighted by Gasteiger charge is -2.47. The summed E-state index contributed by atoms with van der Waals surface area (Å²) < 4.78 is 0. The largest absolute Gasteiger partial charge is 0.310 e. The van der Waals surface area contributed by atoms with E-state index in [0.717, 1.165) is 17.1 Å². The zero-order chi connectivity index (χ0) is 43.5. The summed E-state index contributed by atoms with van der Waals surface area (Å²) in [5.74, 6) is 0. The molecule has 0 atom stereocenters. The zero-order valence-corrected chi connectivity index (χ0v) is 36.6. The number of rotatable bonds is 7. The van der Waals surface area contributed by atoms with Gasteiger partial charge in [-0.25, -0.2) is 0 Å². The van der Waals surface area contributed by atoms with E-state index in [4.69, 9.17) is 0 Å². The molecule has 10 aromatic carbocycles. The number of hydrogen-bond acceptors (Lipinski definition) is 1. The maximum absolute atomic E-state index is 2.52. The number of nitrogens with zero attached hydrogens (tertiary/aromatic N) is 1. The summed E-state index contributed by atoms with van der Waals surface area (Å²) in [5, 5.41) is 0. The molecule has 0 saturated heterocycles. The fourth-order valence-electron chi connectivity index (χ4n) is 11.1. The average molecular weight is 830 g/mol. The molecule has 1 nitrogen and oxygen atoms in total. The summed E-state index contributed by atoms with van der Waals surface area (Å²) in [6, 6.07) is 91.9. The average Bonchev–Trinajstić information content (AvgIpc) is 3.67. The second kappa shape index (κ2) is 15.4. The molecular formula is C64H47N. The molecule has 1 spiro atoms. The van der Waals surface area contributed by atoms with Crippen molar-refractivity contribution in [1.29, 1.82) is 0 Å². The van der Waals surface area contributed by atoms with Gasteiger partial charge in [0.25, 0.3) is 0 Å². The van der Waals surface area contributed by atoms with Crippen molar-refractivity contribution in [2.24, 2.45) is 0 Å². The molecule has 2 aliphatic rings. The van der Waals surface area contributed by atoms with Crippen molar-refractivity contribution in [2.75, 3.05) is 4.90 Å². The first-order chi connectivity index (χ1) is 32.0. The Balaban J connectivity index is 0.995. The molecule has 0 heterocycles. The molecule has 65 heavy (non-hydrogen) atoms. The Morgan fingerprint density at radius 2 is 0.615 bits per heavy atom. The monoisotopic (exact) mass is 829 g/mol. The first-order valence-corrected chi connectivity index (χ1v) is 22.7. The van der Waals surface area contributed by atoms with E-state index in [-0.39, 0.29) is 5.41 Å². The summed E-state index contributed by atoms with van der Waals surface area (Å²) in [5.41, 5.74) is 23.1. The maximum Gasteiger partial charge on any atom is 0.0719 e. The molecule has 0 aliphatic heterocycles. The third kappa shape index (κ3) is 6.22. The summed E-state index contributed by atoms with van der Waals surface area (Å²) in [4.78, 5) is 2.40. The summed E-state index contributed by atoms with van der Waals surface area (Å²) >= 11 is 0. The van der Waals surface area contributed by atoms with Crippen LogP contribution in [-0.2, 0) is 10.8 Å². The molecule has 10 aromatic rings. The van der Waals surface area contributed by atoms with E-state index in [1.807, 2.05) is 0 Å². The van der Waals surface area contributed by atoms with E-state index < -0.39 is 5.41 Å². The molecule has 0 aromatic heterocycles. The van der Waals surface area contributed by atoms with Gasteiger partial charge < -0.3 is 4.90 Å². The van der Waals surface area contributed by atoms with Gasteiger partial charge in [0.1, 0.15) is 0 Å². The lowest BCUT2D eigenvalue weighted by atomic mass is 9.55. The maximum atomic E-state index is 2.52. The SMILES string of the molecule is CC1(C)c2ccccc2C2(c3ccccc3-c3ccccc32)c2cc(-c3cccc(N(c4ccc(-c5ccc(-c6ccccc6)cc5)cc4)c4cccc(-c5ccccc5)c4)c3)ccc21. The standard InChI is InChI=1S/C64H47N/c1-63(2)59-29-13-14-30-61(59)64(57-27-11-9-25-55(57)56-26-10-12-28-58(56)64)62-43-51(37-40-60(62)63)50-22-16-24-54(42-50)65(53-23-15-21-49(41-53)45-19-7-4-8-20-45)52-38-35-48(36-39-52)47-33-31-46(32-34-47)44-17-5-3-6-18-44/h3-43H,1-2H3. The summed E-state index contributed by atoms with van der Waals surface area (Å²) in [7, 11) is 0. The molecule has 12 rings (SSSR count). The summed E-state index contributed by atoms with van der Waals surface area (Å²) in [6.07, 6.45) is 0. The van der Waals surface area contributed by atoms with Gasteiger partial charge in [-0.15, -0.1) is 0 Å². The van der Waals surface area contributed by atoms with Crippen LogP contribution in [0.25, 0.3) is 55.6 Å². The van der Waals surface area contributed by atoms with Crippen LogP contribution < -0.4 is 4.90 Å². The Bertz CT molecular complexity index is 3330. The van der Waals surface area contributed by atoms with Crippen LogP contribution in [0.2, 0.25) is 0 Å². The minimum Gasteiger partial charge on any atom is -0.310 e. The van der Waals surface area contributed by atoms with Gasteiger partial charge in [-0.05, 0) is 131 Å². The minimum atomic E-state index is -0.449. The van der Waals surface area contributed by atoms with Crippen LogP contribution in [0, 0.1) is 0 Å². The Hall–Kier alpha value is -8.00. The highest BCUT2D eigenvalue weighted by Gasteiger charge is 2.53. The molecule has 0 radical (unpaired) electrons. The predicted molar refractivity (Wildman–Crippen MR) is 272 cm³/mol. The Kier molecular flexibility index (Phi) is 9.14. The molecule has 0 unspecified atom stereocenters. The molecule has 0 fully saturated rings. The molecule has 0 bridgehead atoms. The zero-order valence-electron chi connectivity index (χ0n) is 36.6. The first-order valence-electron chi connectivity index (χ1n) is 22.7. The molecule has 0 saturated carbocycles. The van der Waals surface area contributed by atoms with Gasteiger partial charge in [0.05, 0.1) is 5.41 Å². The molecule has 1 heteroatoms. The topological polar surface area (TPSA) is 3.24 Å². The van der Waals surface area contributed by atoms with Gasteiger partial charge in [-0.3, -0.25) is 0 Å². The van der Waals surface area contributed by atoms with E-state index in [0.29, 0.717) is 0 Å². The van der Waals surface area contributed by atoms with Crippen molar-refractivity contribution in [2.45, 2.75) is 24.7 Å². The number of hydrogen-bond donors (Lipinski definition) is 0. The lowest BCUT2D eigenvalue weighted by Crippen LogP contribution is -2.40. The molecule has 0 N–H and O–H groups in total. The van der Waals surface area contributed by atoms with E-state index in [9.17, 15) is 0 Å². The fraction of sp³-hybridized carbons (Fsp3) is 0.0625. The van der Waals surface area contributed by atoms with Crippen LogP contribution in [-0.4, -0.2) is 0 Å². The third-order valence-electron chi connectivity index (χ3n) is 14.2. The van der Waals surface area contributed by atoms with Gasteiger partial charge in [0, 0.05) is 22.5 Å². The quantitative estimate of drug-likeness (QED) is 0.155. The second-order valence-electron chi connectivity index (χ2n) is 18.1. The van der Waals surface area contributed by atoms with Crippen molar-refractivity contribution >= 4 is 17.1 Å². The van der Waals surface area contributed by atoms with E-state index >= 15 is 0 Å². The normalized spacial score (nSPS) is 13.6. The van der Waals surface area contributed by atoms with Crippen molar-refractivity contribution in [3.05, 3.63) is 282 Å². The molecular weight excluding hydrogens is 783 g/mol. The van der Waals surface area contributed by atoms with Crippen LogP contribution in [0.3, 0.4) is 0 Å². The number of fused-ring (bicyclic) bond motifs is 9. The van der Waals surface area contributed by atoms with Crippen LogP contribution >= 0.6 is 0 Å². The highest BCUT2D eigenvalue weighted by Crippen LogP contribution is 2.62. The second-order valence-corrected chi connectivity index (χ2v) is 18.1. The highest BCUT2D eigenvalue weighted by atomic mass is 15.1. The van der Waals surface area contributed by atoms with Crippen molar-refractivity contribution in [3.8, 4) is 55.6 Å². The van der Waals surface area contributed by atoms with Gasteiger partial charge >= 0.3 is 0 Å². The van der Waals surface area contributed by atoms with Gasteiger partial charge in [-0.1, -0.05) is 220 Å². The Labute approximate surface area is 382 Å².